The standard InChI is InChI=1S/C10H14O4/c1-2-3-8-9(12)5-4-7(6-11)10(8,13)14/h4-7,12-14H,2-3H2,1H3. The summed E-state index contributed by atoms with van der Waals surface area (Å²) in [7, 11) is 0. The average Bonchev–Trinajstić information content (AvgIpc) is 2.12. The number of carbonyl (C=O) groups excluding carboxylic acids is 1. The van der Waals surface area contributed by atoms with Crippen LogP contribution in [0.4, 0.5) is 0 Å². The number of carbonyl (C=O) groups is 1. The van der Waals surface area contributed by atoms with Crippen molar-refractivity contribution < 1.29 is 20.1 Å². The van der Waals surface area contributed by atoms with Gasteiger partial charge in [-0.15, -0.1) is 0 Å². The largest absolute Gasteiger partial charge is 0.508 e. The minimum atomic E-state index is -2.24. The van der Waals surface area contributed by atoms with Gasteiger partial charge in [0.25, 0.3) is 0 Å². The van der Waals surface area contributed by atoms with E-state index in [0.717, 1.165) is 0 Å². The molecule has 0 aromatic rings. The first-order chi connectivity index (χ1) is 6.54. The molecule has 4 nitrogen and oxygen atoms in total. The molecular formula is C10H14O4. The molecule has 0 spiro atoms. The fraction of sp³-hybridized carbons (Fsp3) is 0.500. The van der Waals surface area contributed by atoms with E-state index < -0.39 is 11.7 Å². The van der Waals surface area contributed by atoms with Crippen molar-refractivity contribution in [2.24, 2.45) is 5.92 Å². The quantitative estimate of drug-likeness (QED) is 0.460. The van der Waals surface area contributed by atoms with Crippen molar-refractivity contribution >= 4 is 6.29 Å². The lowest BCUT2D eigenvalue weighted by Crippen LogP contribution is -2.42. The van der Waals surface area contributed by atoms with Crippen LogP contribution in [0.2, 0.25) is 0 Å². The van der Waals surface area contributed by atoms with Crippen molar-refractivity contribution in [2.45, 2.75) is 25.6 Å². The van der Waals surface area contributed by atoms with Crippen molar-refractivity contribution in [3.8, 4) is 0 Å². The van der Waals surface area contributed by atoms with Gasteiger partial charge >= 0.3 is 0 Å². The summed E-state index contributed by atoms with van der Waals surface area (Å²) in [6.07, 6.45) is 4.09. The van der Waals surface area contributed by atoms with E-state index in [-0.39, 0.29) is 11.3 Å². The van der Waals surface area contributed by atoms with E-state index in [1.807, 2.05) is 6.92 Å². The van der Waals surface area contributed by atoms with Gasteiger partial charge in [-0.1, -0.05) is 19.4 Å². The van der Waals surface area contributed by atoms with Gasteiger partial charge in [-0.25, -0.2) is 0 Å². The summed E-state index contributed by atoms with van der Waals surface area (Å²) in [5.41, 5.74) is 0.111. The Morgan fingerprint density at radius 1 is 1.57 bits per heavy atom. The Morgan fingerprint density at radius 3 is 2.71 bits per heavy atom. The highest BCUT2D eigenvalue weighted by Crippen LogP contribution is 2.32. The van der Waals surface area contributed by atoms with Crippen LogP contribution in [0, 0.1) is 5.92 Å². The Bertz CT molecular complexity index is 288. The summed E-state index contributed by atoms with van der Waals surface area (Å²) < 4.78 is 0. The molecule has 0 saturated heterocycles. The van der Waals surface area contributed by atoms with Gasteiger partial charge in [-0.05, 0) is 12.5 Å². The number of rotatable bonds is 3. The van der Waals surface area contributed by atoms with Crippen molar-refractivity contribution in [2.75, 3.05) is 0 Å². The van der Waals surface area contributed by atoms with Crippen molar-refractivity contribution in [3.05, 3.63) is 23.5 Å². The summed E-state index contributed by atoms with van der Waals surface area (Å²) >= 11 is 0. The zero-order chi connectivity index (χ0) is 10.8. The number of hydrogen-bond acceptors (Lipinski definition) is 4. The Hall–Kier alpha value is -1.13. The third-order valence-corrected chi connectivity index (χ3v) is 2.33. The molecule has 1 atom stereocenters. The van der Waals surface area contributed by atoms with Gasteiger partial charge in [0.15, 0.2) is 0 Å². The molecule has 0 amide bonds. The minimum Gasteiger partial charge on any atom is -0.508 e. The Morgan fingerprint density at radius 2 is 2.21 bits per heavy atom. The van der Waals surface area contributed by atoms with E-state index in [2.05, 4.69) is 0 Å². The normalized spacial score (nSPS) is 25.2. The molecule has 1 rings (SSSR count). The molecular weight excluding hydrogens is 184 g/mol. The first-order valence-electron chi connectivity index (χ1n) is 4.54. The van der Waals surface area contributed by atoms with E-state index in [9.17, 15) is 20.1 Å². The average molecular weight is 198 g/mol. The van der Waals surface area contributed by atoms with Crippen LogP contribution in [0.1, 0.15) is 19.8 Å². The number of aliphatic hydroxyl groups excluding tert-OH is 1. The first-order valence-corrected chi connectivity index (χ1v) is 4.54. The molecule has 0 heterocycles. The van der Waals surface area contributed by atoms with Crippen LogP contribution in [0.15, 0.2) is 23.5 Å². The molecule has 1 aliphatic carbocycles. The van der Waals surface area contributed by atoms with Gasteiger partial charge in [0, 0.05) is 5.57 Å². The number of aliphatic hydroxyl groups is 3. The van der Waals surface area contributed by atoms with E-state index in [1.165, 1.54) is 12.2 Å². The molecule has 14 heavy (non-hydrogen) atoms. The second-order valence-corrected chi connectivity index (χ2v) is 3.36. The van der Waals surface area contributed by atoms with Crippen LogP contribution in [0.3, 0.4) is 0 Å². The number of hydrogen-bond donors (Lipinski definition) is 3. The van der Waals surface area contributed by atoms with Crippen LogP contribution >= 0.6 is 0 Å². The molecule has 0 bridgehead atoms. The molecule has 0 fully saturated rings. The molecule has 0 aromatic carbocycles. The van der Waals surface area contributed by atoms with Crippen molar-refractivity contribution in [1.82, 2.24) is 0 Å². The molecule has 1 aliphatic rings. The van der Waals surface area contributed by atoms with Crippen LogP contribution in [-0.4, -0.2) is 27.4 Å². The molecule has 4 heteroatoms. The van der Waals surface area contributed by atoms with E-state index in [4.69, 9.17) is 0 Å². The van der Waals surface area contributed by atoms with Gasteiger partial charge in [-0.2, -0.15) is 0 Å². The Kier molecular flexibility index (Phi) is 3.08. The van der Waals surface area contributed by atoms with Gasteiger partial charge in [-0.3, -0.25) is 0 Å². The second kappa shape index (κ2) is 3.94. The highest BCUT2D eigenvalue weighted by molar-refractivity contribution is 5.61. The first kappa shape index (κ1) is 10.9. The highest BCUT2D eigenvalue weighted by Gasteiger charge is 2.40. The van der Waals surface area contributed by atoms with Gasteiger partial charge in [0.1, 0.15) is 12.0 Å². The van der Waals surface area contributed by atoms with Gasteiger partial charge < -0.3 is 20.1 Å². The van der Waals surface area contributed by atoms with Gasteiger partial charge in [0.2, 0.25) is 5.79 Å². The summed E-state index contributed by atoms with van der Waals surface area (Å²) in [6, 6.07) is 0. The Labute approximate surface area is 82.2 Å². The van der Waals surface area contributed by atoms with E-state index in [1.54, 1.807) is 0 Å². The smallest absolute Gasteiger partial charge is 0.202 e. The number of aldehydes is 1. The maximum absolute atomic E-state index is 10.6. The molecule has 78 valence electrons. The zero-order valence-corrected chi connectivity index (χ0v) is 7.97. The van der Waals surface area contributed by atoms with E-state index in [0.29, 0.717) is 19.1 Å². The predicted octanol–water partition coefficient (Wildman–Crippen LogP) is 0.664. The van der Waals surface area contributed by atoms with Crippen molar-refractivity contribution in [3.63, 3.8) is 0 Å². The van der Waals surface area contributed by atoms with Crippen molar-refractivity contribution in [1.29, 1.82) is 0 Å². The van der Waals surface area contributed by atoms with Gasteiger partial charge in [0.05, 0.1) is 5.92 Å². The summed E-state index contributed by atoms with van der Waals surface area (Å²) in [4.78, 5) is 10.6. The highest BCUT2D eigenvalue weighted by atomic mass is 16.5. The van der Waals surface area contributed by atoms with Crippen LogP contribution in [0.5, 0.6) is 0 Å². The molecule has 0 saturated carbocycles. The summed E-state index contributed by atoms with van der Waals surface area (Å²) in [5, 5.41) is 28.7. The lowest BCUT2D eigenvalue weighted by molar-refractivity contribution is -0.164. The lowest BCUT2D eigenvalue weighted by atomic mass is 9.85. The summed E-state index contributed by atoms with van der Waals surface area (Å²) in [6.45, 7) is 1.85. The van der Waals surface area contributed by atoms with Crippen LogP contribution < -0.4 is 0 Å². The van der Waals surface area contributed by atoms with Crippen LogP contribution in [0.25, 0.3) is 0 Å². The van der Waals surface area contributed by atoms with Crippen LogP contribution in [-0.2, 0) is 4.79 Å². The summed E-state index contributed by atoms with van der Waals surface area (Å²) in [5.74, 6) is -3.40. The maximum Gasteiger partial charge on any atom is 0.202 e. The molecule has 0 radical (unpaired) electrons. The molecule has 0 aliphatic heterocycles. The fourth-order valence-corrected chi connectivity index (χ4v) is 1.52. The second-order valence-electron chi connectivity index (χ2n) is 3.36. The lowest BCUT2D eigenvalue weighted by Gasteiger charge is -2.31. The predicted molar refractivity (Wildman–Crippen MR) is 50.4 cm³/mol. The molecule has 3 N–H and O–H groups in total. The van der Waals surface area contributed by atoms with E-state index >= 15 is 0 Å². The third kappa shape index (κ3) is 1.71. The molecule has 0 aromatic heterocycles. The molecule has 1 unspecified atom stereocenters. The SMILES string of the molecule is CCCC1=C(O)C=CC(C=O)C1(O)O. The minimum absolute atomic E-state index is 0.111. The zero-order valence-electron chi connectivity index (χ0n) is 7.97. The Balaban J connectivity index is 3.06. The number of allylic oxidation sites excluding steroid dienone is 1. The maximum atomic E-state index is 10.6. The topological polar surface area (TPSA) is 77.8 Å². The monoisotopic (exact) mass is 198 g/mol. The fourth-order valence-electron chi connectivity index (χ4n) is 1.52. The third-order valence-electron chi connectivity index (χ3n) is 2.33.